The van der Waals surface area contributed by atoms with Crippen molar-refractivity contribution in [2.24, 2.45) is 0 Å². The molecule has 118 valence electrons. The van der Waals surface area contributed by atoms with Crippen LogP contribution in [0.3, 0.4) is 0 Å². The van der Waals surface area contributed by atoms with Gasteiger partial charge in [-0.15, -0.1) is 0 Å². The SMILES string of the molecule is C1CCCC(N2CCCCCCN2)CCC1.CC(=O)O. The average Bonchev–Trinajstić information content (AvgIpc) is 2.28. The molecule has 0 amide bonds. The predicted molar refractivity (Wildman–Crippen MR) is 82.6 cm³/mol. The Morgan fingerprint density at radius 2 is 1.45 bits per heavy atom. The molecule has 2 rings (SSSR count). The fraction of sp³-hybridized carbons (Fsp3) is 0.938. The van der Waals surface area contributed by atoms with Gasteiger partial charge in [0, 0.05) is 26.1 Å². The number of carbonyl (C=O) groups is 1. The molecule has 1 heterocycles. The molecule has 1 aliphatic heterocycles. The van der Waals surface area contributed by atoms with Gasteiger partial charge in [0.1, 0.15) is 0 Å². The van der Waals surface area contributed by atoms with Crippen molar-refractivity contribution in [2.75, 3.05) is 13.1 Å². The van der Waals surface area contributed by atoms with Crippen LogP contribution in [0.5, 0.6) is 0 Å². The van der Waals surface area contributed by atoms with Crippen molar-refractivity contribution in [3.8, 4) is 0 Å². The van der Waals surface area contributed by atoms with Gasteiger partial charge in [0.2, 0.25) is 0 Å². The van der Waals surface area contributed by atoms with Gasteiger partial charge >= 0.3 is 0 Å². The second kappa shape index (κ2) is 11.1. The number of carboxylic acids is 1. The fourth-order valence-corrected chi connectivity index (χ4v) is 3.12. The van der Waals surface area contributed by atoms with Crippen LogP contribution in [0.1, 0.15) is 77.6 Å². The molecule has 2 fully saturated rings. The van der Waals surface area contributed by atoms with E-state index in [2.05, 4.69) is 10.4 Å². The normalized spacial score (nSPS) is 23.4. The van der Waals surface area contributed by atoms with Crippen molar-refractivity contribution >= 4 is 5.97 Å². The third-order valence-corrected chi connectivity index (χ3v) is 4.16. The lowest BCUT2D eigenvalue weighted by atomic mass is 9.96. The zero-order valence-electron chi connectivity index (χ0n) is 13.1. The Kier molecular flexibility index (Phi) is 9.67. The van der Waals surface area contributed by atoms with E-state index in [-0.39, 0.29) is 0 Å². The summed E-state index contributed by atoms with van der Waals surface area (Å²) >= 11 is 0. The highest BCUT2D eigenvalue weighted by atomic mass is 16.4. The van der Waals surface area contributed by atoms with E-state index < -0.39 is 5.97 Å². The number of rotatable bonds is 1. The van der Waals surface area contributed by atoms with Crippen LogP contribution in [-0.2, 0) is 4.79 Å². The van der Waals surface area contributed by atoms with E-state index in [1.54, 1.807) is 0 Å². The summed E-state index contributed by atoms with van der Waals surface area (Å²) in [4.78, 5) is 9.00. The molecule has 20 heavy (non-hydrogen) atoms. The summed E-state index contributed by atoms with van der Waals surface area (Å²) in [6, 6.07) is 0.832. The molecular formula is C16H32N2O2. The molecule has 0 radical (unpaired) electrons. The van der Waals surface area contributed by atoms with E-state index in [4.69, 9.17) is 9.90 Å². The zero-order valence-corrected chi connectivity index (χ0v) is 13.1. The van der Waals surface area contributed by atoms with Crippen LogP contribution < -0.4 is 5.43 Å². The summed E-state index contributed by atoms with van der Waals surface area (Å²) in [6.07, 6.45) is 15.8. The highest BCUT2D eigenvalue weighted by Gasteiger charge is 2.19. The van der Waals surface area contributed by atoms with Gasteiger partial charge in [0.05, 0.1) is 0 Å². The first-order valence-corrected chi connectivity index (χ1v) is 8.40. The number of carboxylic acid groups (broad SMARTS) is 1. The van der Waals surface area contributed by atoms with E-state index in [9.17, 15) is 0 Å². The van der Waals surface area contributed by atoms with Crippen molar-refractivity contribution < 1.29 is 9.90 Å². The first-order chi connectivity index (χ1) is 9.70. The third-order valence-electron chi connectivity index (χ3n) is 4.16. The first-order valence-electron chi connectivity index (χ1n) is 8.40. The third kappa shape index (κ3) is 8.54. The molecule has 0 aromatic rings. The lowest BCUT2D eigenvalue weighted by Crippen LogP contribution is -2.47. The predicted octanol–water partition coefficient (Wildman–Crippen LogP) is 3.57. The second-order valence-corrected chi connectivity index (χ2v) is 6.03. The Labute approximate surface area is 123 Å². The second-order valence-electron chi connectivity index (χ2n) is 6.03. The van der Waals surface area contributed by atoms with E-state index in [0.717, 1.165) is 13.0 Å². The van der Waals surface area contributed by atoms with Crippen molar-refractivity contribution in [1.82, 2.24) is 10.4 Å². The summed E-state index contributed by atoms with van der Waals surface area (Å²) in [6.45, 7) is 3.57. The summed E-state index contributed by atoms with van der Waals surface area (Å²) in [5.41, 5.74) is 3.67. The van der Waals surface area contributed by atoms with E-state index in [0.29, 0.717) is 0 Å². The molecule has 1 saturated carbocycles. The van der Waals surface area contributed by atoms with E-state index in [1.807, 2.05) is 0 Å². The van der Waals surface area contributed by atoms with Crippen LogP contribution in [0.2, 0.25) is 0 Å². The van der Waals surface area contributed by atoms with Crippen LogP contribution in [-0.4, -0.2) is 35.2 Å². The molecule has 0 aromatic heterocycles. The summed E-state index contributed by atoms with van der Waals surface area (Å²) < 4.78 is 0. The number of nitrogens with zero attached hydrogens (tertiary/aromatic N) is 1. The average molecular weight is 284 g/mol. The maximum Gasteiger partial charge on any atom is 0.300 e. The summed E-state index contributed by atoms with van der Waals surface area (Å²) in [5.74, 6) is -0.833. The molecule has 1 aliphatic carbocycles. The monoisotopic (exact) mass is 284 g/mol. The van der Waals surface area contributed by atoms with Crippen LogP contribution in [0.4, 0.5) is 0 Å². The Bertz CT molecular complexity index is 219. The van der Waals surface area contributed by atoms with Gasteiger partial charge < -0.3 is 5.11 Å². The van der Waals surface area contributed by atoms with Crippen LogP contribution in [0, 0.1) is 0 Å². The van der Waals surface area contributed by atoms with Crippen molar-refractivity contribution in [3.05, 3.63) is 0 Å². The maximum atomic E-state index is 9.00. The topological polar surface area (TPSA) is 52.6 Å². The largest absolute Gasteiger partial charge is 0.481 e. The Hall–Kier alpha value is -0.610. The molecule has 4 nitrogen and oxygen atoms in total. The Balaban J connectivity index is 0.000000444. The van der Waals surface area contributed by atoms with E-state index >= 15 is 0 Å². The molecule has 0 unspecified atom stereocenters. The minimum absolute atomic E-state index is 0.832. The molecule has 2 N–H and O–H groups in total. The van der Waals surface area contributed by atoms with Crippen molar-refractivity contribution in [1.29, 1.82) is 0 Å². The number of hydrogen-bond donors (Lipinski definition) is 2. The molecule has 0 spiro atoms. The van der Waals surface area contributed by atoms with Gasteiger partial charge in [0.25, 0.3) is 5.97 Å². The fourth-order valence-electron chi connectivity index (χ4n) is 3.12. The molecule has 0 atom stereocenters. The highest BCUT2D eigenvalue weighted by Crippen LogP contribution is 2.21. The smallest absolute Gasteiger partial charge is 0.300 e. The van der Waals surface area contributed by atoms with Gasteiger partial charge in [-0.2, -0.15) is 0 Å². The molecule has 0 bridgehead atoms. The molecule has 4 heteroatoms. The molecule has 1 saturated heterocycles. The van der Waals surface area contributed by atoms with Crippen LogP contribution in [0.15, 0.2) is 0 Å². The minimum atomic E-state index is -0.833. The highest BCUT2D eigenvalue weighted by molar-refractivity contribution is 5.62. The van der Waals surface area contributed by atoms with Gasteiger partial charge in [-0.3, -0.25) is 10.2 Å². The van der Waals surface area contributed by atoms with Crippen molar-refractivity contribution in [3.63, 3.8) is 0 Å². The maximum absolute atomic E-state index is 9.00. The van der Waals surface area contributed by atoms with Gasteiger partial charge in [0.15, 0.2) is 0 Å². The summed E-state index contributed by atoms with van der Waals surface area (Å²) in [7, 11) is 0. The lowest BCUT2D eigenvalue weighted by molar-refractivity contribution is -0.134. The zero-order chi connectivity index (χ0) is 14.6. The summed E-state index contributed by atoms with van der Waals surface area (Å²) in [5, 5.41) is 10.0. The number of hydrazine groups is 1. The van der Waals surface area contributed by atoms with Crippen LogP contribution >= 0.6 is 0 Å². The van der Waals surface area contributed by atoms with E-state index in [1.165, 1.54) is 83.7 Å². The lowest BCUT2D eigenvalue weighted by Gasteiger charge is -2.34. The number of aliphatic carboxylic acids is 1. The van der Waals surface area contributed by atoms with Gasteiger partial charge in [-0.05, 0) is 25.7 Å². The van der Waals surface area contributed by atoms with Gasteiger partial charge in [-0.25, -0.2) is 5.01 Å². The molecule has 2 aliphatic rings. The first kappa shape index (κ1) is 17.4. The Morgan fingerprint density at radius 3 is 2.10 bits per heavy atom. The quantitative estimate of drug-likeness (QED) is 0.773. The number of nitrogens with one attached hydrogen (secondary N) is 1. The number of hydrogen-bond acceptors (Lipinski definition) is 3. The van der Waals surface area contributed by atoms with Crippen molar-refractivity contribution in [2.45, 2.75) is 83.6 Å². The standard InChI is InChI=1S/C14H28N2.C2H4O2/c1-2-6-10-14(11-7-3-1)16-13-9-5-4-8-12-15-16;1-2(3)4/h14-15H,1-13H2;1H3,(H,3,4). The minimum Gasteiger partial charge on any atom is -0.481 e. The Morgan fingerprint density at radius 1 is 0.950 bits per heavy atom. The molecular weight excluding hydrogens is 252 g/mol. The van der Waals surface area contributed by atoms with Crippen LogP contribution in [0.25, 0.3) is 0 Å². The molecule has 0 aromatic carbocycles. The van der Waals surface area contributed by atoms with Gasteiger partial charge in [-0.1, -0.05) is 44.9 Å².